The highest BCUT2D eigenvalue weighted by Gasteiger charge is 2.28. The average molecular weight is 468 g/mol. The number of carbonyl (C=O) groups excluding carboxylic acids is 1. The minimum Gasteiger partial charge on any atom is -0.497 e. The Kier molecular flexibility index (Phi) is 8.50. The number of methoxy groups -OCH3 is 1. The van der Waals surface area contributed by atoms with Gasteiger partial charge in [-0.2, -0.15) is 0 Å². The van der Waals surface area contributed by atoms with Crippen LogP contribution in [0.2, 0.25) is 0 Å². The second kappa shape index (κ2) is 12.2. The van der Waals surface area contributed by atoms with Gasteiger partial charge < -0.3 is 9.47 Å². The Morgan fingerprint density at radius 2 is 1.71 bits per heavy atom. The van der Waals surface area contributed by atoms with Gasteiger partial charge in [0, 0.05) is 30.3 Å². The average Bonchev–Trinajstić information content (AvgIpc) is 3.29. The molecule has 0 unspecified atom stereocenters. The van der Waals surface area contributed by atoms with Gasteiger partial charge in [-0.15, -0.1) is 0 Å². The summed E-state index contributed by atoms with van der Waals surface area (Å²) < 4.78 is 11.3. The van der Waals surface area contributed by atoms with Crippen molar-refractivity contribution in [3.63, 3.8) is 0 Å². The number of rotatable bonds is 12. The summed E-state index contributed by atoms with van der Waals surface area (Å²) in [6, 6.07) is 23.5. The second-order valence-electron chi connectivity index (χ2n) is 8.73. The summed E-state index contributed by atoms with van der Waals surface area (Å²) in [7, 11) is 1.66. The monoisotopic (exact) mass is 467 g/mol. The third-order valence-corrected chi connectivity index (χ3v) is 6.30. The zero-order valence-electron chi connectivity index (χ0n) is 20.6. The number of hydrogen-bond donors (Lipinski definition) is 0. The van der Waals surface area contributed by atoms with Gasteiger partial charge in [-0.3, -0.25) is 9.79 Å². The summed E-state index contributed by atoms with van der Waals surface area (Å²) in [5.74, 6) is 1.65. The molecular weight excluding hydrogens is 434 g/mol. The van der Waals surface area contributed by atoms with Gasteiger partial charge in [0.05, 0.1) is 7.11 Å². The lowest BCUT2D eigenvalue weighted by atomic mass is 9.94. The van der Waals surface area contributed by atoms with Crippen LogP contribution >= 0.6 is 0 Å². The van der Waals surface area contributed by atoms with Crippen molar-refractivity contribution in [2.45, 2.75) is 39.0 Å². The molecule has 180 valence electrons. The minimum atomic E-state index is 0.0613. The quantitative estimate of drug-likeness (QED) is 0.164. The molecule has 4 rings (SSSR count). The van der Waals surface area contributed by atoms with Crippen molar-refractivity contribution in [2.75, 3.05) is 20.3 Å². The Bertz CT molecular complexity index is 1190. The molecule has 3 aromatic carbocycles. The third kappa shape index (κ3) is 6.07. The van der Waals surface area contributed by atoms with E-state index in [2.05, 4.69) is 18.0 Å². The topological polar surface area (TPSA) is 47.9 Å². The molecule has 1 aliphatic carbocycles. The molecule has 3 aromatic rings. The van der Waals surface area contributed by atoms with Gasteiger partial charge >= 0.3 is 0 Å². The highest BCUT2D eigenvalue weighted by atomic mass is 16.5. The van der Waals surface area contributed by atoms with E-state index in [1.807, 2.05) is 72.9 Å². The van der Waals surface area contributed by atoms with Crippen LogP contribution in [0.3, 0.4) is 0 Å². The first kappa shape index (κ1) is 24.5. The van der Waals surface area contributed by atoms with Crippen LogP contribution in [0.4, 0.5) is 0 Å². The second-order valence-corrected chi connectivity index (χ2v) is 8.73. The van der Waals surface area contributed by atoms with Gasteiger partial charge in [-0.05, 0) is 52.9 Å². The Balaban J connectivity index is 1.52. The van der Waals surface area contributed by atoms with Gasteiger partial charge in [0.15, 0.2) is 5.78 Å². The summed E-state index contributed by atoms with van der Waals surface area (Å²) in [5.41, 5.74) is 5.68. The number of benzene rings is 3. The van der Waals surface area contributed by atoms with Crippen molar-refractivity contribution in [3.05, 3.63) is 101 Å². The molecule has 0 amide bonds. The van der Waals surface area contributed by atoms with Crippen LogP contribution in [0.15, 0.2) is 83.4 Å². The first-order chi connectivity index (χ1) is 17.2. The summed E-state index contributed by atoms with van der Waals surface area (Å²) in [5, 5.41) is 0. The van der Waals surface area contributed by atoms with Gasteiger partial charge in [-0.25, -0.2) is 0 Å². The predicted octanol–water partition coefficient (Wildman–Crippen LogP) is 6.97. The fraction of sp³-hybridized carbons (Fsp3) is 0.290. The van der Waals surface area contributed by atoms with Crippen molar-refractivity contribution in [1.82, 2.24) is 0 Å². The Morgan fingerprint density at radius 1 is 0.943 bits per heavy atom. The number of Topliss-reactive ketones (excluding diaryl/α,β-unsaturated/α-hetero) is 1. The van der Waals surface area contributed by atoms with E-state index < -0.39 is 0 Å². The molecule has 0 saturated carbocycles. The highest BCUT2D eigenvalue weighted by molar-refractivity contribution is 6.16. The molecule has 0 spiro atoms. The zero-order chi connectivity index (χ0) is 24.5. The number of ketones is 1. The molecule has 0 fully saturated rings. The van der Waals surface area contributed by atoms with E-state index in [1.165, 1.54) is 19.3 Å². The minimum absolute atomic E-state index is 0.0613. The molecule has 0 atom stereocenters. The van der Waals surface area contributed by atoms with Gasteiger partial charge in [0.1, 0.15) is 18.1 Å². The van der Waals surface area contributed by atoms with Gasteiger partial charge in [0.2, 0.25) is 0 Å². The normalized spacial score (nSPS) is 12.7. The standard InChI is InChI=1S/C31H33NO3/c1-3-4-5-9-18-32-19-20-35-26-14-12-23(13-15-26)30-28-17-16-27(34-2)21-25(28)22-29(30)31(33)24-10-7-6-8-11-24/h6-8,10-17,19,21H,3-5,9,18,20,22H2,1-2H3. The van der Waals surface area contributed by atoms with E-state index in [0.717, 1.165) is 52.3 Å². The van der Waals surface area contributed by atoms with E-state index in [0.29, 0.717) is 18.6 Å². The van der Waals surface area contributed by atoms with Crippen molar-refractivity contribution >= 4 is 17.6 Å². The van der Waals surface area contributed by atoms with Gasteiger partial charge in [-0.1, -0.05) is 74.7 Å². The lowest BCUT2D eigenvalue weighted by molar-refractivity contribution is 0.103. The number of allylic oxidation sites excluding steroid dienone is 1. The molecule has 35 heavy (non-hydrogen) atoms. The maximum Gasteiger partial charge on any atom is 0.189 e. The molecule has 4 heteroatoms. The molecule has 1 aliphatic rings. The van der Waals surface area contributed by atoms with E-state index in [1.54, 1.807) is 7.11 Å². The lowest BCUT2D eigenvalue weighted by Crippen LogP contribution is -2.05. The summed E-state index contributed by atoms with van der Waals surface area (Å²) >= 11 is 0. The maximum atomic E-state index is 13.5. The number of nitrogens with zero attached hydrogens (tertiary/aromatic N) is 1. The first-order valence-electron chi connectivity index (χ1n) is 12.4. The van der Waals surface area contributed by atoms with Crippen LogP contribution in [-0.4, -0.2) is 32.3 Å². The van der Waals surface area contributed by atoms with E-state index >= 15 is 0 Å². The number of unbranched alkanes of at least 4 members (excludes halogenated alkanes) is 3. The lowest BCUT2D eigenvalue weighted by Gasteiger charge is -2.11. The van der Waals surface area contributed by atoms with Crippen LogP contribution in [0.1, 0.15) is 59.7 Å². The van der Waals surface area contributed by atoms with Crippen molar-refractivity contribution < 1.29 is 14.3 Å². The Morgan fingerprint density at radius 3 is 2.46 bits per heavy atom. The van der Waals surface area contributed by atoms with Crippen LogP contribution in [0.5, 0.6) is 11.5 Å². The van der Waals surface area contributed by atoms with Crippen molar-refractivity contribution in [3.8, 4) is 11.5 Å². The largest absolute Gasteiger partial charge is 0.497 e. The Labute approximate surface area is 208 Å². The van der Waals surface area contributed by atoms with Crippen LogP contribution in [0.25, 0.3) is 5.57 Å². The van der Waals surface area contributed by atoms with Crippen molar-refractivity contribution in [1.29, 1.82) is 0 Å². The van der Waals surface area contributed by atoms with Crippen LogP contribution < -0.4 is 9.47 Å². The zero-order valence-corrected chi connectivity index (χ0v) is 20.6. The van der Waals surface area contributed by atoms with Crippen LogP contribution in [-0.2, 0) is 6.42 Å². The smallest absolute Gasteiger partial charge is 0.189 e. The highest BCUT2D eigenvalue weighted by Crippen LogP contribution is 2.40. The van der Waals surface area contributed by atoms with E-state index in [4.69, 9.17) is 9.47 Å². The van der Waals surface area contributed by atoms with Gasteiger partial charge in [0.25, 0.3) is 0 Å². The molecule has 4 nitrogen and oxygen atoms in total. The fourth-order valence-electron chi connectivity index (χ4n) is 4.44. The van der Waals surface area contributed by atoms with Crippen LogP contribution in [0, 0.1) is 0 Å². The molecule has 0 bridgehead atoms. The molecule has 0 N–H and O–H groups in total. The number of aliphatic imine (C=N–C) groups is 1. The van der Waals surface area contributed by atoms with Crippen molar-refractivity contribution in [2.24, 2.45) is 4.99 Å². The maximum absolute atomic E-state index is 13.5. The molecule has 0 aromatic heterocycles. The predicted molar refractivity (Wildman–Crippen MR) is 143 cm³/mol. The molecule has 0 saturated heterocycles. The molecule has 0 heterocycles. The summed E-state index contributed by atoms with van der Waals surface area (Å²) in [6.07, 6.45) is 7.30. The number of ether oxygens (including phenoxy) is 2. The molecule has 0 radical (unpaired) electrons. The van der Waals surface area contributed by atoms with E-state index in [9.17, 15) is 4.79 Å². The van der Waals surface area contributed by atoms with E-state index in [-0.39, 0.29) is 5.78 Å². The number of carbonyl (C=O) groups is 1. The fourth-order valence-corrected chi connectivity index (χ4v) is 4.44. The Hall–Kier alpha value is -3.66. The number of fused-ring (bicyclic) bond motifs is 1. The third-order valence-electron chi connectivity index (χ3n) is 6.30. The molecule has 0 aliphatic heterocycles. The summed E-state index contributed by atoms with van der Waals surface area (Å²) in [4.78, 5) is 17.9. The first-order valence-corrected chi connectivity index (χ1v) is 12.4. The summed E-state index contributed by atoms with van der Waals surface area (Å²) in [6.45, 7) is 3.53. The molecular formula is C31H33NO3. The number of hydrogen-bond acceptors (Lipinski definition) is 4. The SMILES string of the molecule is CCCCCCN=CCOc1ccc(C2=C(C(=O)c3ccccc3)Cc3cc(OC)ccc32)cc1.